The van der Waals surface area contributed by atoms with Gasteiger partial charge in [0.25, 0.3) is 0 Å². The molecule has 1 spiro atoms. The quantitative estimate of drug-likeness (QED) is 0.694. The van der Waals surface area contributed by atoms with Crippen molar-refractivity contribution in [1.82, 2.24) is 19.8 Å². The van der Waals surface area contributed by atoms with E-state index in [0.717, 1.165) is 41.6 Å². The maximum atomic E-state index is 13.0. The third-order valence-electron chi connectivity index (χ3n) is 8.58. The molecule has 1 atom stereocenters. The molecule has 0 bridgehead atoms. The van der Waals surface area contributed by atoms with E-state index in [4.69, 9.17) is 0 Å². The first-order chi connectivity index (χ1) is 15.9. The molecule has 176 valence electrons. The maximum Gasteiger partial charge on any atom is 0.329 e. The molecule has 1 aromatic heterocycles. The van der Waals surface area contributed by atoms with Crippen LogP contribution < -0.4 is 21.2 Å². The summed E-state index contributed by atoms with van der Waals surface area (Å²) in [6.45, 7) is 4.57. The molecular weight excluding hydrogens is 418 g/mol. The van der Waals surface area contributed by atoms with Crippen LogP contribution in [0.15, 0.2) is 23.0 Å². The van der Waals surface area contributed by atoms with Gasteiger partial charge in [-0.25, -0.2) is 4.79 Å². The monoisotopic (exact) mass is 451 g/mol. The number of amides is 2. The topological polar surface area (TPSA) is 88.4 Å². The number of anilines is 1. The minimum absolute atomic E-state index is 0.212. The molecule has 1 saturated carbocycles. The van der Waals surface area contributed by atoms with Crippen LogP contribution in [-0.4, -0.2) is 47.1 Å². The lowest BCUT2D eigenvalue weighted by Gasteiger charge is -2.60. The lowest BCUT2D eigenvalue weighted by Crippen LogP contribution is -2.62. The van der Waals surface area contributed by atoms with Crippen molar-refractivity contribution in [3.63, 3.8) is 0 Å². The molecule has 2 aromatic rings. The predicted octanol–water partition coefficient (Wildman–Crippen LogP) is 1.92. The van der Waals surface area contributed by atoms with Crippen molar-refractivity contribution in [2.24, 2.45) is 24.3 Å². The van der Waals surface area contributed by atoms with Crippen molar-refractivity contribution in [3.05, 3.63) is 28.7 Å². The summed E-state index contributed by atoms with van der Waals surface area (Å²) in [5.41, 5.74) is 3.02. The van der Waals surface area contributed by atoms with Crippen LogP contribution in [-0.2, 0) is 16.6 Å². The fraction of sp³-hybridized carbons (Fsp3) is 0.640. The smallest absolute Gasteiger partial charge is 0.329 e. The summed E-state index contributed by atoms with van der Waals surface area (Å²) < 4.78 is 3.17. The Balaban J connectivity index is 1.15. The van der Waals surface area contributed by atoms with Gasteiger partial charge >= 0.3 is 5.69 Å². The van der Waals surface area contributed by atoms with Crippen LogP contribution in [0.4, 0.5) is 5.69 Å². The van der Waals surface area contributed by atoms with Crippen molar-refractivity contribution in [3.8, 4) is 0 Å². The highest BCUT2D eigenvalue weighted by molar-refractivity contribution is 6.00. The summed E-state index contributed by atoms with van der Waals surface area (Å²) in [5, 5.41) is 5.84. The van der Waals surface area contributed by atoms with Gasteiger partial charge in [0, 0.05) is 37.7 Å². The highest BCUT2D eigenvalue weighted by Gasteiger charge is 2.52. The zero-order chi connectivity index (χ0) is 22.7. The Morgan fingerprint density at radius 3 is 2.48 bits per heavy atom. The number of carbonyl (C=O) groups excluding carboxylic acids is 2. The van der Waals surface area contributed by atoms with Crippen LogP contribution >= 0.6 is 0 Å². The molecule has 1 aliphatic carbocycles. The SMILES string of the molecule is Cn1c(=O)n(C2CCC(=O)NC2=O)c2ccc(N3CC4(CC(CC5CCNCC5)C4)C3)cc21. The van der Waals surface area contributed by atoms with Crippen molar-refractivity contribution < 1.29 is 9.59 Å². The second-order valence-corrected chi connectivity index (χ2v) is 10.9. The number of aryl methyl sites for hydroxylation is 1. The number of hydrogen-bond acceptors (Lipinski definition) is 5. The lowest BCUT2D eigenvalue weighted by molar-refractivity contribution is -0.135. The Kier molecular flexibility index (Phi) is 4.90. The first kappa shape index (κ1) is 21.0. The fourth-order valence-electron chi connectivity index (χ4n) is 6.90. The van der Waals surface area contributed by atoms with E-state index < -0.39 is 11.9 Å². The van der Waals surface area contributed by atoms with Crippen LogP contribution in [0.5, 0.6) is 0 Å². The Bertz CT molecular complexity index is 1160. The standard InChI is InChI=1S/C25H33N5O3/c1-28-21-11-18(2-3-19(21)30(24(28)33)20-4-5-22(31)27-23(20)32)29-14-25(15-29)12-17(13-25)10-16-6-8-26-9-7-16/h2-3,11,16-17,20,26H,4-10,12-15H2,1H3,(H,27,31,32). The van der Waals surface area contributed by atoms with Gasteiger partial charge in [-0.05, 0) is 81.6 Å². The van der Waals surface area contributed by atoms with Crippen molar-refractivity contribution in [2.45, 2.75) is 51.0 Å². The molecule has 1 unspecified atom stereocenters. The summed E-state index contributed by atoms with van der Waals surface area (Å²) in [7, 11) is 1.76. The van der Waals surface area contributed by atoms with Crippen LogP contribution in [0.1, 0.15) is 51.0 Å². The van der Waals surface area contributed by atoms with Gasteiger partial charge in [0.05, 0.1) is 11.0 Å². The molecule has 8 nitrogen and oxygen atoms in total. The van der Waals surface area contributed by atoms with E-state index in [9.17, 15) is 14.4 Å². The number of nitrogens with one attached hydrogen (secondary N) is 2. The molecule has 33 heavy (non-hydrogen) atoms. The molecule has 4 fully saturated rings. The second kappa shape index (κ2) is 7.72. The van der Waals surface area contributed by atoms with E-state index in [1.807, 2.05) is 6.07 Å². The van der Waals surface area contributed by atoms with Gasteiger partial charge in [-0.1, -0.05) is 0 Å². The van der Waals surface area contributed by atoms with Gasteiger partial charge in [0.1, 0.15) is 6.04 Å². The van der Waals surface area contributed by atoms with E-state index in [1.165, 1.54) is 45.2 Å². The molecule has 8 heteroatoms. The van der Waals surface area contributed by atoms with E-state index in [-0.39, 0.29) is 18.0 Å². The number of aromatic nitrogens is 2. The molecule has 3 aliphatic heterocycles. The molecule has 6 rings (SSSR count). The van der Waals surface area contributed by atoms with Crippen LogP contribution in [0.3, 0.4) is 0 Å². The number of imidazole rings is 1. The van der Waals surface area contributed by atoms with Crippen molar-refractivity contribution in [1.29, 1.82) is 0 Å². The Hall–Kier alpha value is -2.61. The highest BCUT2D eigenvalue weighted by Crippen LogP contribution is 2.55. The van der Waals surface area contributed by atoms with Gasteiger partial charge < -0.3 is 10.2 Å². The molecular formula is C25H33N5O3. The highest BCUT2D eigenvalue weighted by atomic mass is 16.2. The average molecular weight is 452 g/mol. The summed E-state index contributed by atoms with van der Waals surface area (Å²) in [4.78, 5) is 39.3. The summed E-state index contributed by atoms with van der Waals surface area (Å²) in [6, 6.07) is 5.48. The average Bonchev–Trinajstić information content (AvgIpc) is 3.00. The third kappa shape index (κ3) is 3.50. The van der Waals surface area contributed by atoms with Gasteiger partial charge in [0.2, 0.25) is 11.8 Å². The maximum absolute atomic E-state index is 13.0. The van der Waals surface area contributed by atoms with E-state index in [2.05, 4.69) is 27.7 Å². The van der Waals surface area contributed by atoms with E-state index in [1.54, 1.807) is 16.2 Å². The molecule has 4 heterocycles. The Labute approximate surface area is 193 Å². The molecule has 2 amide bonds. The van der Waals surface area contributed by atoms with Gasteiger partial charge in [-0.15, -0.1) is 0 Å². The molecule has 4 aliphatic rings. The molecule has 3 saturated heterocycles. The molecule has 1 aromatic carbocycles. The minimum Gasteiger partial charge on any atom is -0.370 e. The molecule has 0 radical (unpaired) electrons. The van der Waals surface area contributed by atoms with E-state index >= 15 is 0 Å². The number of carbonyl (C=O) groups is 2. The van der Waals surface area contributed by atoms with Gasteiger partial charge in [0.15, 0.2) is 0 Å². The van der Waals surface area contributed by atoms with Crippen LogP contribution in [0, 0.1) is 17.3 Å². The van der Waals surface area contributed by atoms with Gasteiger partial charge in [-0.3, -0.25) is 24.0 Å². The zero-order valence-corrected chi connectivity index (χ0v) is 19.3. The number of piperidine rings is 2. The second-order valence-electron chi connectivity index (χ2n) is 10.9. The number of benzene rings is 1. The summed E-state index contributed by atoms with van der Waals surface area (Å²) in [5.74, 6) is 1.16. The van der Waals surface area contributed by atoms with Crippen LogP contribution in [0.25, 0.3) is 11.0 Å². The largest absolute Gasteiger partial charge is 0.370 e. The number of imide groups is 1. The number of fused-ring (bicyclic) bond motifs is 1. The van der Waals surface area contributed by atoms with Crippen LogP contribution in [0.2, 0.25) is 0 Å². The summed E-state index contributed by atoms with van der Waals surface area (Å²) in [6.07, 6.45) is 7.43. The lowest BCUT2D eigenvalue weighted by atomic mass is 9.56. The predicted molar refractivity (Wildman–Crippen MR) is 126 cm³/mol. The Morgan fingerprint density at radius 2 is 1.76 bits per heavy atom. The number of hydrogen-bond donors (Lipinski definition) is 2. The van der Waals surface area contributed by atoms with Gasteiger partial charge in [-0.2, -0.15) is 0 Å². The zero-order valence-electron chi connectivity index (χ0n) is 19.3. The van der Waals surface area contributed by atoms with Crippen molar-refractivity contribution >= 4 is 28.5 Å². The fourth-order valence-corrected chi connectivity index (χ4v) is 6.90. The first-order valence-electron chi connectivity index (χ1n) is 12.4. The summed E-state index contributed by atoms with van der Waals surface area (Å²) >= 11 is 0. The third-order valence-corrected chi connectivity index (χ3v) is 8.58. The van der Waals surface area contributed by atoms with E-state index in [0.29, 0.717) is 11.8 Å². The van der Waals surface area contributed by atoms with Crippen molar-refractivity contribution in [2.75, 3.05) is 31.1 Å². The first-order valence-corrected chi connectivity index (χ1v) is 12.4. The molecule has 2 N–H and O–H groups in total. The number of rotatable bonds is 4. The minimum atomic E-state index is -0.635. The Morgan fingerprint density at radius 1 is 1.00 bits per heavy atom. The number of nitrogens with zero attached hydrogens (tertiary/aromatic N) is 3. The normalized spacial score (nSPS) is 25.8.